The van der Waals surface area contributed by atoms with Crippen molar-refractivity contribution in [3.05, 3.63) is 0 Å². The lowest BCUT2D eigenvalue weighted by atomic mass is 9.73. The molecule has 0 aromatic rings. The number of rotatable bonds is 7. The van der Waals surface area contributed by atoms with Crippen molar-refractivity contribution < 1.29 is 74.7 Å². The lowest BCUT2D eigenvalue weighted by Crippen LogP contribution is -2.63. The molecule has 2 saturated carbocycles. The molecule has 244 valence electrons. The van der Waals surface area contributed by atoms with Gasteiger partial charge >= 0.3 is 0 Å². The van der Waals surface area contributed by atoms with Gasteiger partial charge < -0.3 is 74.7 Å². The van der Waals surface area contributed by atoms with Crippen LogP contribution in [0.4, 0.5) is 0 Å². The molecule has 2 aliphatic carbocycles. The molecule has 42 heavy (non-hydrogen) atoms. The Bertz CT molecular complexity index is 857. The fraction of sp³-hybridized carbons (Fsp3) is 1.00. The summed E-state index contributed by atoms with van der Waals surface area (Å²) in [6, 6.07) is 0. The number of aliphatic hydroxyl groups is 10. The van der Waals surface area contributed by atoms with Crippen LogP contribution in [0.25, 0.3) is 0 Å². The van der Waals surface area contributed by atoms with Crippen LogP contribution in [0.1, 0.15) is 44.9 Å². The van der Waals surface area contributed by atoms with Crippen LogP contribution in [0.2, 0.25) is 0 Å². The first-order chi connectivity index (χ1) is 20.0. The molecule has 16 atom stereocenters. The fourth-order valence-electron chi connectivity index (χ4n) is 7.11. The summed E-state index contributed by atoms with van der Waals surface area (Å²) in [5, 5.41) is 103. The molecule has 0 bridgehead atoms. The van der Waals surface area contributed by atoms with Gasteiger partial charge in [0.15, 0.2) is 12.6 Å². The maximum atomic E-state index is 10.8. The molecule has 5 fully saturated rings. The Kier molecular flexibility index (Phi) is 10.8. The van der Waals surface area contributed by atoms with Gasteiger partial charge in [-0.15, -0.1) is 0 Å². The largest absolute Gasteiger partial charge is 0.394 e. The van der Waals surface area contributed by atoms with E-state index in [2.05, 4.69) is 0 Å². The zero-order chi connectivity index (χ0) is 30.3. The molecule has 0 radical (unpaired) electrons. The second kappa shape index (κ2) is 13.8. The van der Waals surface area contributed by atoms with Gasteiger partial charge in [-0.2, -0.15) is 0 Å². The van der Waals surface area contributed by atoms with Crippen molar-refractivity contribution in [3.8, 4) is 0 Å². The molecule has 15 nitrogen and oxygen atoms in total. The first-order valence-corrected chi connectivity index (χ1v) is 14.9. The quantitative estimate of drug-likeness (QED) is 0.131. The van der Waals surface area contributed by atoms with Gasteiger partial charge in [0.1, 0.15) is 48.8 Å². The summed E-state index contributed by atoms with van der Waals surface area (Å²) in [6.45, 7) is -1.14. The molecule has 0 aromatic carbocycles. The highest BCUT2D eigenvalue weighted by Gasteiger charge is 2.52. The SMILES string of the molecule is OC[C@H]1O[C@@H](OC[C@H]2O[C@H](OC3CC4C(O)CC(O)CC4OC3C3CCC(O)CC3)[C@H](O)[C@@H](O)[C@@H]2O)[C@H](O)[C@@H](O)[C@@H]1O. The maximum absolute atomic E-state index is 10.8. The minimum Gasteiger partial charge on any atom is -0.394 e. The Morgan fingerprint density at radius 1 is 0.595 bits per heavy atom. The highest BCUT2D eigenvalue weighted by Crippen LogP contribution is 2.43. The van der Waals surface area contributed by atoms with E-state index >= 15 is 0 Å². The van der Waals surface area contributed by atoms with Gasteiger partial charge in [-0.25, -0.2) is 0 Å². The van der Waals surface area contributed by atoms with Crippen molar-refractivity contribution in [2.45, 2.75) is 143 Å². The first-order valence-electron chi connectivity index (χ1n) is 14.9. The smallest absolute Gasteiger partial charge is 0.187 e. The molecular formula is C27H46O15. The predicted octanol–water partition coefficient (Wildman–Crippen LogP) is -4.16. The average Bonchev–Trinajstić information content (AvgIpc) is 2.97. The molecule has 10 N–H and O–H groups in total. The molecule has 5 aliphatic rings. The summed E-state index contributed by atoms with van der Waals surface area (Å²) in [5.41, 5.74) is 0. The molecule has 5 rings (SSSR count). The monoisotopic (exact) mass is 610 g/mol. The van der Waals surface area contributed by atoms with Crippen molar-refractivity contribution in [1.82, 2.24) is 0 Å². The fourth-order valence-corrected chi connectivity index (χ4v) is 7.11. The van der Waals surface area contributed by atoms with E-state index in [0.29, 0.717) is 38.5 Å². The summed E-state index contributed by atoms with van der Waals surface area (Å²) in [4.78, 5) is 0. The second-order valence-electron chi connectivity index (χ2n) is 12.5. The van der Waals surface area contributed by atoms with Crippen LogP contribution < -0.4 is 0 Å². The number of ether oxygens (including phenoxy) is 5. The Labute approximate surface area is 243 Å². The topological polar surface area (TPSA) is 248 Å². The molecule has 3 aliphatic heterocycles. The van der Waals surface area contributed by atoms with E-state index in [1.54, 1.807) is 0 Å². The van der Waals surface area contributed by atoms with Crippen molar-refractivity contribution in [2.75, 3.05) is 13.2 Å². The van der Waals surface area contributed by atoms with Gasteiger partial charge in [0.05, 0.1) is 49.8 Å². The maximum Gasteiger partial charge on any atom is 0.187 e. The molecule has 6 unspecified atom stereocenters. The van der Waals surface area contributed by atoms with Crippen LogP contribution in [0, 0.1) is 11.8 Å². The molecule has 0 spiro atoms. The molecule has 15 heteroatoms. The van der Waals surface area contributed by atoms with Crippen molar-refractivity contribution >= 4 is 0 Å². The van der Waals surface area contributed by atoms with Crippen LogP contribution >= 0.6 is 0 Å². The highest BCUT2D eigenvalue weighted by atomic mass is 16.7. The third-order valence-electron chi connectivity index (χ3n) is 9.65. The van der Waals surface area contributed by atoms with E-state index in [9.17, 15) is 51.1 Å². The van der Waals surface area contributed by atoms with Gasteiger partial charge in [0.25, 0.3) is 0 Å². The van der Waals surface area contributed by atoms with Crippen LogP contribution in [-0.4, -0.2) is 162 Å². The summed E-state index contributed by atoms with van der Waals surface area (Å²) in [7, 11) is 0. The second-order valence-corrected chi connectivity index (χ2v) is 12.5. The van der Waals surface area contributed by atoms with Crippen LogP contribution in [-0.2, 0) is 23.7 Å². The lowest BCUT2D eigenvalue weighted by Gasteiger charge is -2.51. The van der Waals surface area contributed by atoms with E-state index in [0.717, 1.165) is 0 Å². The van der Waals surface area contributed by atoms with Crippen molar-refractivity contribution in [2.24, 2.45) is 11.8 Å². The Morgan fingerprint density at radius 3 is 1.88 bits per heavy atom. The summed E-state index contributed by atoms with van der Waals surface area (Å²) in [6.07, 6.45) is -15.5. The highest BCUT2D eigenvalue weighted by molar-refractivity contribution is 4.98. The number of fused-ring (bicyclic) bond motifs is 1. The Hall–Kier alpha value is -0.600. The molecule has 3 heterocycles. The normalized spacial score (nSPS) is 53.9. The minimum absolute atomic E-state index is 0.00266. The Balaban J connectivity index is 1.28. The van der Waals surface area contributed by atoms with Crippen molar-refractivity contribution in [1.29, 1.82) is 0 Å². The minimum atomic E-state index is -1.71. The summed E-state index contributed by atoms with van der Waals surface area (Å²) >= 11 is 0. The zero-order valence-corrected chi connectivity index (χ0v) is 23.3. The third-order valence-corrected chi connectivity index (χ3v) is 9.65. The number of hydrogen-bond donors (Lipinski definition) is 10. The van der Waals surface area contributed by atoms with Gasteiger partial charge in [-0.3, -0.25) is 0 Å². The lowest BCUT2D eigenvalue weighted by molar-refractivity contribution is -0.347. The number of hydrogen-bond acceptors (Lipinski definition) is 15. The summed E-state index contributed by atoms with van der Waals surface area (Å²) < 4.78 is 29.3. The molecule has 3 saturated heterocycles. The van der Waals surface area contributed by atoms with Crippen LogP contribution in [0.3, 0.4) is 0 Å². The zero-order valence-electron chi connectivity index (χ0n) is 23.3. The first kappa shape index (κ1) is 32.8. The van der Waals surface area contributed by atoms with E-state index < -0.39 is 111 Å². The van der Waals surface area contributed by atoms with Gasteiger partial charge in [-0.05, 0) is 50.9 Å². The average molecular weight is 611 g/mol. The van der Waals surface area contributed by atoms with E-state index in [4.69, 9.17) is 23.7 Å². The predicted molar refractivity (Wildman–Crippen MR) is 137 cm³/mol. The third kappa shape index (κ3) is 6.80. The number of aliphatic hydroxyl groups excluding tert-OH is 10. The van der Waals surface area contributed by atoms with Gasteiger partial charge in [-0.1, -0.05) is 0 Å². The van der Waals surface area contributed by atoms with Crippen LogP contribution in [0.15, 0.2) is 0 Å². The summed E-state index contributed by atoms with van der Waals surface area (Å²) in [5.74, 6) is -0.345. The van der Waals surface area contributed by atoms with E-state index in [1.807, 2.05) is 0 Å². The molecular weight excluding hydrogens is 564 g/mol. The molecule has 0 amide bonds. The van der Waals surface area contributed by atoms with Gasteiger partial charge in [0, 0.05) is 5.92 Å². The van der Waals surface area contributed by atoms with Crippen molar-refractivity contribution in [3.63, 3.8) is 0 Å². The molecule has 0 aromatic heterocycles. The van der Waals surface area contributed by atoms with E-state index in [1.165, 1.54) is 0 Å². The standard InChI is InChI=1S/C27H46O15/c28-8-17-19(32)21(34)23(36)26(41-17)38-9-18-20(33)22(35)24(37)27(42-18)40-16-7-13-14(31)5-12(30)6-15(13)39-25(16)10-1-3-11(29)4-2-10/h10-37H,1-9H2/t10?,11?,12?,13?,14?,15?,16?,17-,18-,19-,20-,21+,22+,23-,24-,25?,26-,27+/m1/s1. The Morgan fingerprint density at radius 2 is 1.21 bits per heavy atom. The van der Waals surface area contributed by atoms with Crippen LogP contribution in [0.5, 0.6) is 0 Å². The van der Waals surface area contributed by atoms with Gasteiger partial charge in [0.2, 0.25) is 0 Å². The van der Waals surface area contributed by atoms with E-state index in [-0.39, 0.29) is 18.3 Å².